The van der Waals surface area contributed by atoms with E-state index in [0.717, 1.165) is 0 Å². The molecule has 0 unspecified atom stereocenters. The van der Waals surface area contributed by atoms with Crippen molar-refractivity contribution >= 4 is 23.1 Å². The third-order valence-corrected chi connectivity index (χ3v) is 2.82. The summed E-state index contributed by atoms with van der Waals surface area (Å²) in [5.74, 6) is 0.118. The molecule has 0 radical (unpaired) electrons. The smallest absolute Gasteiger partial charge is 0.335 e. The molecule has 2 heterocycles. The molecule has 1 aromatic carbocycles. The first-order valence-corrected chi connectivity index (χ1v) is 6.29. The third-order valence-electron chi connectivity index (χ3n) is 2.82. The Kier molecular flexibility index (Phi) is 3.27. The first-order valence-electron chi connectivity index (χ1n) is 6.29. The summed E-state index contributed by atoms with van der Waals surface area (Å²) in [4.78, 5) is 19.2. The van der Waals surface area contributed by atoms with Crippen molar-refractivity contribution in [3.05, 3.63) is 35.5 Å². The zero-order valence-electron chi connectivity index (χ0n) is 11.2. The lowest BCUT2D eigenvalue weighted by molar-refractivity contribution is 0.0697. The number of oxazole rings is 1. The Balaban J connectivity index is 1.68. The molecule has 0 bridgehead atoms. The zero-order chi connectivity index (χ0) is 14.8. The summed E-state index contributed by atoms with van der Waals surface area (Å²) < 4.78 is 10.4. The Morgan fingerprint density at radius 1 is 1.38 bits per heavy atom. The van der Waals surface area contributed by atoms with Crippen molar-refractivity contribution in [3.8, 4) is 0 Å². The minimum absolute atomic E-state index is 0.159. The molecule has 0 spiro atoms. The van der Waals surface area contributed by atoms with Gasteiger partial charge in [-0.25, -0.2) is 4.79 Å². The number of benzene rings is 1. The lowest BCUT2D eigenvalue weighted by Gasteiger charge is -1.97. The summed E-state index contributed by atoms with van der Waals surface area (Å²) in [6.07, 6.45) is 0.542. The van der Waals surface area contributed by atoms with Gasteiger partial charge in [-0.2, -0.15) is 9.97 Å². The van der Waals surface area contributed by atoms with Gasteiger partial charge < -0.3 is 19.4 Å². The number of carboxylic acids is 1. The van der Waals surface area contributed by atoms with Crippen LogP contribution >= 0.6 is 0 Å². The van der Waals surface area contributed by atoms with Gasteiger partial charge in [0.25, 0.3) is 6.01 Å². The molecule has 0 saturated heterocycles. The van der Waals surface area contributed by atoms with Crippen molar-refractivity contribution in [2.45, 2.75) is 13.3 Å². The molecule has 8 heteroatoms. The first-order chi connectivity index (χ1) is 10.1. The topological polar surface area (TPSA) is 114 Å². The number of rotatable bonds is 5. The van der Waals surface area contributed by atoms with Gasteiger partial charge in [-0.1, -0.05) is 5.16 Å². The molecule has 0 aliphatic carbocycles. The number of carbonyl (C=O) groups is 1. The highest BCUT2D eigenvalue weighted by Crippen LogP contribution is 2.20. The van der Waals surface area contributed by atoms with Crippen molar-refractivity contribution in [3.63, 3.8) is 0 Å². The maximum atomic E-state index is 10.9. The van der Waals surface area contributed by atoms with Crippen LogP contribution in [-0.4, -0.2) is 32.7 Å². The van der Waals surface area contributed by atoms with Crippen LogP contribution in [-0.2, 0) is 6.42 Å². The second-order valence-corrected chi connectivity index (χ2v) is 4.42. The van der Waals surface area contributed by atoms with Gasteiger partial charge in [0.05, 0.1) is 5.56 Å². The predicted molar refractivity (Wildman–Crippen MR) is 72.2 cm³/mol. The average molecular weight is 288 g/mol. The highest BCUT2D eigenvalue weighted by molar-refractivity contribution is 5.92. The van der Waals surface area contributed by atoms with E-state index in [0.29, 0.717) is 41.8 Å². The summed E-state index contributed by atoms with van der Waals surface area (Å²) in [7, 11) is 0. The van der Waals surface area contributed by atoms with Gasteiger partial charge in [-0.3, -0.25) is 0 Å². The highest BCUT2D eigenvalue weighted by atomic mass is 16.5. The number of carboxylic acid groups (broad SMARTS) is 1. The van der Waals surface area contributed by atoms with Gasteiger partial charge >= 0.3 is 5.97 Å². The summed E-state index contributed by atoms with van der Waals surface area (Å²) in [5.41, 5.74) is 1.17. The molecule has 108 valence electrons. The third kappa shape index (κ3) is 2.83. The van der Waals surface area contributed by atoms with Gasteiger partial charge in [-0.05, 0) is 25.1 Å². The fourth-order valence-corrected chi connectivity index (χ4v) is 1.85. The quantitative estimate of drug-likeness (QED) is 0.731. The number of aromatic nitrogens is 3. The van der Waals surface area contributed by atoms with Crippen LogP contribution < -0.4 is 5.32 Å². The fraction of sp³-hybridized carbons (Fsp3) is 0.231. The van der Waals surface area contributed by atoms with Crippen LogP contribution in [0.1, 0.15) is 22.1 Å². The van der Waals surface area contributed by atoms with Crippen LogP contribution in [0.2, 0.25) is 0 Å². The summed E-state index contributed by atoms with van der Waals surface area (Å²) in [5, 5.41) is 15.6. The molecule has 0 fully saturated rings. The Morgan fingerprint density at radius 2 is 2.24 bits per heavy atom. The van der Waals surface area contributed by atoms with E-state index >= 15 is 0 Å². The molecule has 3 aromatic rings. The molecular weight excluding hydrogens is 276 g/mol. The summed E-state index contributed by atoms with van der Waals surface area (Å²) in [6, 6.07) is 4.85. The number of aryl methyl sites for hydroxylation is 1. The van der Waals surface area contributed by atoms with Crippen molar-refractivity contribution in [2.75, 3.05) is 11.9 Å². The first kappa shape index (κ1) is 13.1. The van der Waals surface area contributed by atoms with Gasteiger partial charge in [0.15, 0.2) is 11.4 Å². The molecule has 0 atom stereocenters. The normalized spacial score (nSPS) is 10.9. The Morgan fingerprint density at radius 3 is 2.95 bits per heavy atom. The fourth-order valence-electron chi connectivity index (χ4n) is 1.85. The van der Waals surface area contributed by atoms with Crippen LogP contribution in [0.25, 0.3) is 11.1 Å². The average Bonchev–Trinajstić information content (AvgIpc) is 3.03. The molecule has 21 heavy (non-hydrogen) atoms. The summed E-state index contributed by atoms with van der Waals surface area (Å²) >= 11 is 0. The van der Waals surface area contributed by atoms with E-state index in [-0.39, 0.29) is 5.56 Å². The molecule has 8 nitrogen and oxygen atoms in total. The number of fused-ring (bicyclic) bond motifs is 1. The largest absolute Gasteiger partial charge is 0.478 e. The lowest BCUT2D eigenvalue weighted by atomic mass is 10.2. The van der Waals surface area contributed by atoms with Gasteiger partial charge in [-0.15, -0.1) is 0 Å². The number of anilines is 1. The maximum absolute atomic E-state index is 10.9. The minimum Gasteiger partial charge on any atom is -0.478 e. The number of nitrogens with one attached hydrogen (secondary N) is 1. The highest BCUT2D eigenvalue weighted by Gasteiger charge is 2.10. The van der Waals surface area contributed by atoms with Crippen LogP contribution in [0.3, 0.4) is 0 Å². The van der Waals surface area contributed by atoms with Crippen LogP contribution in [0.5, 0.6) is 0 Å². The maximum Gasteiger partial charge on any atom is 0.335 e. The van der Waals surface area contributed by atoms with E-state index in [9.17, 15) is 4.79 Å². The Hall–Kier alpha value is -2.90. The number of hydrogen-bond donors (Lipinski definition) is 2. The molecule has 2 N–H and O–H groups in total. The molecule has 0 amide bonds. The minimum atomic E-state index is -1.01. The van der Waals surface area contributed by atoms with Crippen molar-refractivity contribution in [2.24, 2.45) is 0 Å². The second kappa shape index (κ2) is 5.23. The number of hydrogen-bond acceptors (Lipinski definition) is 7. The van der Waals surface area contributed by atoms with Gasteiger partial charge in [0, 0.05) is 13.0 Å². The SMILES string of the molecule is Cc1noc(CCNc2nc3ccc(C(=O)O)cc3o2)n1. The van der Waals surface area contributed by atoms with E-state index in [2.05, 4.69) is 20.4 Å². The molecule has 3 rings (SSSR count). The Labute approximate surface area is 118 Å². The molecular formula is C13H12N4O4. The molecule has 0 aliphatic rings. The van der Waals surface area contributed by atoms with Crippen molar-refractivity contribution in [1.82, 2.24) is 15.1 Å². The standard InChI is InChI=1S/C13H12N4O4/c1-7-15-11(21-17-7)4-5-14-13-16-9-3-2-8(12(18)19)6-10(9)20-13/h2-3,6H,4-5H2,1H3,(H,14,16)(H,18,19). The summed E-state index contributed by atoms with van der Waals surface area (Å²) in [6.45, 7) is 2.27. The van der Waals surface area contributed by atoms with E-state index < -0.39 is 5.97 Å². The molecule has 2 aromatic heterocycles. The second-order valence-electron chi connectivity index (χ2n) is 4.42. The molecule has 0 saturated carbocycles. The van der Waals surface area contributed by atoms with E-state index in [1.165, 1.54) is 12.1 Å². The van der Waals surface area contributed by atoms with Gasteiger partial charge in [0.1, 0.15) is 5.52 Å². The monoisotopic (exact) mass is 288 g/mol. The number of nitrogens with zero attached hydrogens (tertiary/aromatic N) is 3. The van der Waals surface area contributed by atoms with E-state index in [4.69, 9.17) is 14.0 Å². The zero-order valence-corrected chi connectivity index (χ0v) is 11.2. The van der Waals surface area contributed by atoms with Crippen molar-refractivity contribution < 1.29 is 18.8 Å². The van der Waals surface area contributed by atoms with E-state index in [1.807, 2.05) is 0 Å². The lowest BCUT2D eigenvalue weighted by Crippen LogP contribution is -2.05. The van der Waals surface area contributed by atoms with Crippen LogP contribution in [0.15, 0.2) is 27.1 Å². The van der Waals surface area contributed by atoms with Gasteiger partial charge in [0.2, 0.25) is 5.89 Å². The van der Waals surface area contributed by atoms with Crippen LogP contribution in [0.4, 0.5) is 6.01 Å². The number of aromatic carboxylic acids is 1. The molecule has 0 aliphatic heterocycles. The van der Waals surface area contributed by atoms with Crippen molar-refractivity contribution in [1.29, 1.82) is 0 Å². The Bertz CT molecular complexity index is 792. The predicted octanol–water partition coefficient (Wildman–Crippen LogP) is 1.87. The van der Waals surface area contributed by atoms with Crippen LogP contribution in [0, 0.1) is 6.92 Å². The van der Waals surface area contributed by atoms with E-state index in [1.54, 1.807) is 13.0 Å².